The minimum Gasteiger partial charge on any atom is -0.327 e. The Labute approximate surface area is 147 Å². The van der Waals surface area contributed by atoms with Gasteiger partial charge in [-0.25, -0.2) is 0 Å². The van der Waals surface area contributed by atoms with Gasteiger partial charge in [0.05, 0.1) is 0 Å². The molecule has 0 N–H and O–H groups in total. The van der Waals surface area contributed by atoms with Gasteiger partial charge in [0, 0.05) is 49.1 Å². The maximum absolute atomic E-state index is 12.3. The second-order valence-corrected chi connectivity index (χ2v) is 7.79. The van der Waals surface area contributed by atoms with Crippen molar-refractivity contribution in [1.29, 1.82) is 0 Å². The number of carbonyl (C=O) groups excluding carboxylic acids is 2. The Balaban J connectivity index is 1.62. The maximum Gasteiger partial charge on any atom is 0.251 e. The van der Waals surface area contributed by atoms with Gasteiger partial charge in [-0.2, -0.15) is 9.98 Å². The summed E-state index contributed by atoms with van der Waals surface area (Å²) in [5.41, 5.74) is 0. The predicted molar refractivity (Wildman–Crippen MR) is 93.2 cm³/mol. The molecule has 0 aromatic carbocycles. The van der Waals surface area contributed by atoms with E-state index in [-0.39, 0.29) is 23.7 Å². The van der Waals surface area contributed by atoms with E-state index in [1.54, 1.807) is 0 Å². The summed E-state index contributed by atoms with van der Waals surface area (Å²) < 4.78 is 3.69. The van der Waals surface area contributed by atoms with Crippen LogP contribution in [0.4, 0.5) is 0 Å². The molecule has 0 radical (unpaired) electrons. The standard InChI is InChI=1S/C16H20N4O2S2/c1-19-7-9-23-15(19)17-13(21)11-3-5-12(6-4-11)14(22)18-16-20(2)8-10-24-16/h7-12H,3-6H2,1-2H3. The number of aromatic nitrogens is 2. The molecule has 0 atom stereocenters. The van der Waals surface area contributed by atoms with Crippen LogP contribution in [0.25, 0.3) is 0 Å². The van der Waals surface area contributed by atoms with E-state index in [1.165, 1.54) is 22.7 Å². The lowest BCUT2D eigenvalue weighted by molar-refractivity contribution is -0.127. The van der Waals surface area contributed by atoms with Crippen molar-refractivity contribution in [3.8, 4) is 0 Å². The third-order valence-electron chi connectivity index (χ3n) is 4.36. The largest absolute Gasteiger partial charge is 0.327 e. The molecule has 0 spiro atoms. The monoisotopic (exact) mass is 364 g/mol. The van der Waals surface area contributed by atoms with E-state index in [0.717, 1.165) is 9.60 Å². The molecule has 0 unspecified atom stereocenters. The SMILES string of the molecule is Cn1ccsc1=NC(=O)C1CCC(C(=O)N=c2sccn2C)CC1. The first-order valence-electron chi connectivity index (χ1n) is 7.92. The molecule has 1 aliphatic rings. The zero-order valence-corrected chi connectivity index (χ0v) is 15.3. The molecule has 6 nitrogen and oxygen atoms in total. The number of hydrogen-bond donors (Lipinski definition) is 0. The first-order valence-corrected chi connectivity index (χ1v) is 9.68. The third kappa shape index (κ3) is 3.81. The van der Waals surface area contributed by atoms with Gasteiger partial charge in [-0.15, -0.1) is 22.7 Å². The number of rotatable bonds is 2. The average Bonchev–Trinajstić information content (AvgIpc) is 3.16. The summed E-state index contributed by atoms with van der Waals surface area (Å²) in [7, 11) is 3.76. The molecule has 2 aromatic heterocycles. The Morgan fingerprint density at radius 1 is 0.875 bits per heavy atom. The summed E-state index contributed by atoms with van der Waals surface area (Å²) in [5, 5.41) is 3.82. The van der Waals surface area contributed by atoms with Crippen molar-refractivity contribution in [1.82, 2.24) is 9.13 Å². The molecule has 0 bridgehead atoms. The number of amides is 2. The molecular formula is C16H20N4O2S2. The van der Waals surface area contributed by atoms with E-state index in [1.807, 2.05) is 46.4 Å². The quantitative estimate of drug-likeness (QED) is 0.816. The van der Waals surface area contributed by atoms with Crippen LogP contribution in [0.1, 0.15) is 25.7 Å². The van der Waals surface area contributed by atoms with Crippen LogP contribution in [0.15, 0.2) is 33.1 Å². The molecule has 24 heavy (non-hydrogen) atoms. The molecular weight excluding hydrogens is 344 g/mol. The van der Waals surface area contributed by atoms with Gasteiger partial charge in [-0.3, -0.25) is 9.59 Å². The lowest BCUT2D eigenvalue weighted by Gasteiger charge is -2.24. The molecule has 128 valence electrons. The highest BCUT2D eigenvalue weighted by molar-refractivity contribution is 7.07. The van der Waals surface area contributed by atoms with E-state index in [4.69, 9.17) is 0 Å². The van der Waals surface area contributed by atoms with Crippen molar-refractivity contribution in [3.05, 3.63) is 32.8 Å². The highest BCUT2D eigenvalue weighted by Crippen LogP contribution is 2.30. The van der Waals surface area contributed by atoms with Crippen LogP contribution in [0.3, 0.4) is 0 Å². The molecule has 1 saturated carbocycles. The summed E-state index contributed by atoms with van der Waals surface area (Å²) in [6, 6.07) is 0. The summed E-state index contributed by atoms with van der Waals surface area (Å²) in [5.74, 6) is -0.288. The highest BCUT2D eigenvalue weighted by atomic mass is 32.1. The van der Waals surface area contributed by atoms with Gasteiger partial charge in [-0.05, 0) is 25.7 Å². The Morgan fingerprint density at radius 3 is 1.54 bits per heavy atom. The number of thiazole rings is 2. The minimum absolute atomic E-state index is 0.0689. The lowest BCUT2D eigenvalue weighted by atomic mass is 9.81. The number of aryl methyl sites for hydroxylation is 2. The van der Waals surface area contributed by atoms with E-state index >= 15 is 0 Å². The second kappa shape index (κ2) is 7.40. The van der Waals surface area contributed by atoms with Crippen molar-refractivity contribution in [2.75, 3.05) is 0 Å². The summed E-state index contributed by atoms with van der Waals surface area (Å²) >= 11 is 2.91. The summed E-state index contributed by atoms with van der Waals surface area (Å²) in [6.07, 6.45) is 6.61. The van der Waals surface area contributed by atoms with E-state index in [2.05, 4.69) is 9.98 Å². The fourth-order valence-corrected chi connectivity index (χ4v) is 4.30. The molecule has 1 fully saturated rings. The molecule has 0 saturated heterocycles. The van der Waals surface area contributed by atoms with Gasteiger partial charge in [0.1, 0.15) is 0 Å². The van der Waals surface area contributed by atoms with Gasteiger partial charge in [-0.1, -0.05) is 0 Å². The Morgan fingerprint density at radius 2 is 1.25 bits per heavy atom. The zero-order chi connectivity index (χ0) is 17.1. The van der Waals surface area contributed by atoms with Gasteiger partial charge in [0.2, 0.25) is 0 Å². The predicted octanol–water partition coefficient (Wildman–Crippen LogP) is 1.85. The van der Waals surface area contributed by atoms with Crippen LogP contribution >= 0.6 is 22.7 Å². The molecule has 1 aliphatic carbocycles. The highest BCUT2D eigenvalue weighted by Gasteiger charge is 2.29. The van der Waals surface area contributed by atoms with E-state index < -0.39 is 0 Å². The van der Waals surface area contributed by atoms with Crippen LogP contribution < -0.4 is 9.60 Å². The van der Waals surface area contributed by atoms with Crippen LogP contribution in [-0.4, -0.2) is 20.9 Å². The maximum atomic E-state index is 12.3. The second-order valence-electron chi connectivity index (χ2n) is 6.04. The van der Waals surface area contributed by atoms with Crippen molar-refractivity contribution in [2.24, 2.45) is 35.9 Å². The van der Waals surface area contributed by atoms with Crippen molar-refractivity contribution < 1.29 is 9.59 Å². The molecule has 8 heteroatoms. The Bertz CT molecular complexity index is 791. The average molecular weight is 364 g/mol. The molecule has 2 amide bonds. The Hall–Kier alpha value is -1.80. The summed E-state index contributed by atoms with van der Waals surface area (Å²) in [6.45, 7) is 0. The minimum atomic E-state index is -0.0750. The van der Waals surface area contributed by atoms with Gasteiger partial charge in [0.25, 0.3) is 11.8 Å². The number of hydrogen-bond acceptors (Lipinski definition) is 4. The topological polar surface area (TPSA) is 68.7 Å². The van der Waals surface area contributed by atoms with Crippen molar-refractivity contribution in [3.63, 3.8) is 0 Å². The van der Waals surface area contributed by atoms with Gasteiger partial charge in [0.15, 0.2) is 9.60 Å². The van der Waals surface area contributed by atoms with Crippen LogP contribution in [0.2, 0.25) is 0 Å². The Kier molecular flexibility index (Phi) is 5.25. The van der Waals surface area contributed by atoms with E-state index in [0.29, 0.717) is 25.7 Å². The third-order valence-corrected chi connectivity index (χ3v) is 6.05. The van der Waals surface area contributed by atoms with Crippen molar-refractivity contribution in [2.45, 2.75) is 25.7 Å². The fraction of sp³-hybridized carbons (Fsp3) is 0.500. The van der Waals surface area contributed by atoms with Gasteiger partial charge >= 0.3 is 0 Å². The summed E-state index contributed by atoms with van der Waals surface area (Å²) in [4.78, 5) is 34.5. The van der Waals surface area contributed by atoms with E-state index in [9.17, 15) is 9.59 Å². The van der Waals surface area contributed by atoms with Crippen LogP contribution in [0.5, 0.6) is 0 Å². The lowest BCUT2D eigenvalue weighted by Crippen LogP contribution is -2.27. The van der Waals surface area contributed by atoms with Crippen LogP contribution in [0, 0.1) is 11.8 Å². The molecule has 3 rings (SSSR count). The molecule has 2 aromatic rings. The fourth-order valence-electron chi connectivity index (χ4n) is 2.83. The first-order chi connectivity index (χ1) is 11.5. The van der Waals surface area contributed by atoms with Gasteiger partial charge < -0.3 is 9.13 Å². The normalized spacial score (nSPS) is 22.8. The smallest absolute Gasteiger partial charge is 0.251 e. The van der Waals surface area contributed by atoms with Crippen molar-refractivity contribution >= 4 is 34.5 Å². The molecule has 2 heterocycles. The molecule has 0 aliphatic heterocycles. The van der Waals surface area contributed by atoms with Crippen LogP contribution in [-0.2, 0) is 23.7 Å². The number of nitrogens with zero attached hydrogens (tertiary/aromatic N) is 4. The number of carbonyl (C=O) groups is 2. The zero-order valence-electron chi connectivity index (χ0n) is 13.7. The first kappa shape index (κ1) is 17.0.